The molecule has 6 nitrogen and oxygen atoms in total. The van der Waals surface area contributed by atoms with Crippen LogP contribution in [-0.2, 0) is 37.9 Å². The Labute approximate surface area is 167 Å². The Balaban J connectivity index is 3.02. The first-order valence-corrected chi connectivity index (χ1v) is 8.68. The highest BCUT2D eigenvalue weighted by Gasteiger charge is 2.37. The SMILES string of the molecule is CCOC(=O)[C@H](C)C[C@@H](NC(=O)Cc1cc(C(F)(F)F)cc(C(F)(F)F)c1)C(N)=O. The van der Waals surface area contributed by atoms with Gasteiger partial charge in [-0.2, -0.15) is 26.3 Å². The molecule has 0 aliphatic heterocycles. The number of esters is 1. The van der Waals surface area contributed by atoms with Crippen molar-refractivity contribution in [1.82, 2.24) is 5.32 Å². The van der Waals surface area contributed by atoms with Crippen LogP contribution in [0.3, 0.4) is 0 Å². The summed E-state index contributed by atoms with van der Waals surface area (Å²) in [5, 5.41) is 2.13. The van der Waals surface area contributed by atoms with Crippen LogP contribution < -0.4 is 11.1 Å². The zero-order valence-electron chi connectivity index (χ0n) is 16.0. The van der Waals surface area contributed by atoms with Crippen molar-refractivity contribution in [2.45, 2.75) is 45.1 Å². The Morgan fingerprint density at radius 3 is 1.93 bits per heavy atom. The third kappa shape index (κ3) is 7.56. The van der Waals surface area contributed by atoms with E-state index in [0.717, 1.165) is 0 Å². The van der Waals surface area contributed by atoms with Gasteiger partial charge in [0, 0.05) is 0 Å². The lowest BCUT2D eigenvalue weighted by atomic mass is 10.00. The summed E-state index contributed by atoms with van der Waals surface area (Å²) in [6.07, 6.45) is -11.2. The summed E-state index contributed by atoms with van der Waals surface area (Å²) in [7, 11) is 0. The quantitative estimate of drug-likeness (QED) is 0.478. The minimum Gasteiger partial charge on any atom is -0.466 e. The summed E-state index contributed by atoms with van der Waals surface area (Å²) < 4.78 is 82.1. The number of amides is 2. The molecule has 0 aliphatic carbocycles. The number of carbonyl (C=O) groups excluding carboxylic acids is 3. The van der Waals surface area contributed by atoms with E-state index in [-0.39, 0.29) is 19.1 Å². The Kier molecular flexibility index (Phi) is 8.25. The van der Waals surface area contributed by atoms with Crippen LogP contribution in [0.15, 0.2) is 18.2 Å². The van der Waals surface area contributed by atoms with Crippen LogP contribution in [0.1, 0.15) is 37.0 Å². The first-order valence-electron chi connectivity index (χ1n) is 8.68. The fraction of sp³-hybridized carbons (Fsp3) is 0.500. The fourth-order valence-electron chi connectivity index (χ4n) is 2.53. The molecule has 0 spiro atoms. The molecule has 30 heavy (non-hydrogen) atoms. The predicted octanol–water partition coefficient (Wildman–Crippen LogP) is 2.83. The Morgan fingerprint density at radius 1 is 1.03 bits per heavy atom. The largest absolute Gasteiger partial charge is 0.466 e. The molecule has 2 atom stereocenters. The maximum absolute atomic E-state index is 12.9. The van der Waals surface area contributed by atoms with Crippen LogP contribution in [0.5, 0.6) is 0 Å². The van der Waals surface area contributed by atoms with Crippen LogP contribution in [0, 0.1) is 5.92 Å². The van der Waals surface area contributed by atoms with Gasteiger partial charge in [0.05, 0.1) is 30.1 Å². The molecular weight excluding hydrogens is 422 g/mol. The van der Waals surface area contributed by atoms with Gasteiger partial charge in [-0.3, -0.25) is 14.4 Å². The number of primary amides is 1. The van der Waals surface area contributed by atoms with Gasteiger partial charge < -0.3 is 15.8 Å². The van der Waals surface area contributed by atoms with E-state index in [0.29, 0.717) is 12.1 Å². The molecule has 0 heterocycles. The molecule has 0 unspecified atom stereocenters. The number of halogens is 6. The van der Waals surface area contributed by atoms with Crippen molar-refractivity contribution in [3.8, 4) is 0 Å². The van der Waals surface area contributed by atoms with Crippen LogP contribution in [0.2, 0.25) is 0 Å². The minimum atomic E-state index is -5.06. The maximum Gasteiger partial charge on any atom is 0.416 e. The molecule has 0 aromatic heterocycles. The van der Waals surface area contributed by atoms with E-state index >= 15 is 0 Å². The monoisotopic (exact) mass is 442 g/mol. The molecule has 1 aromatic rings. The van der Waals surface area contributed by atoms with Crippen molar-refractivity contribution in [1.29, 1.82) is 0 Å². The van der Waals surface area contributed by atoms with Crippen molar-refractivity contribution in [3.63, 3.8) is 0 Å². The Hall–Kier alpha value is -2.79. The summed E-state index contributed by atoms with van der Waals surface area (Å²) in [4.78, 5) is 35.3. The number of nitrogens with two attached hydrogens (primary N) is 1. The van der Waals surface area contributed by atoms with Gasteiger partial charge in [-0.05, 0) is 37.1 Å². The highest BCUT2D eigenvalue weighted by molar-refractivity contribution is 5.88. The molecule has 2 amide bonds. The minimum absolute atomic E-state index is 0.0609. The third-order valence-corrected chi connectivity index (χ3v) is 3.97. The molecular formula is C18H20F6N2O4. The van der Waals surface area contributed by atoms with E-state index in [1.807, 2.05) is 0 Å². The lowest BCUT2D eigenvalue weighted by Gasteiger charge is -2.19. The second-order valence-corrected chi connectivity index (χ2v) is 6.50. The number of benzene rings is 1. The Bertz CT molecular complexity index is 760. The highest BCUT2D eigenvalue weighted by Crippen LogP contribution is 2.36. The van der Waals surface area contributed by atoms with Crippen LogP contribution in [0.25, 0.3) is 0 Å². The average molecular weight is 442 g/mol. The van der Waals surface area contributed by atoms with Crippen LogP contribution >= 0.6 is 0 Å². The predicted molar refractivity (Wildman–Crippen MR) is 91.7 cm³/mol. The molecule has 0 radical (unpaired) electrons. The zero-order valence-corrected chi connectivity index (χ0v) is 16.0. The number of nitrogens with one attached hydrogen (secondary N) is 1. The van der Waals surface area contributed by atoms with Crippen molar-refractivity contribution < 1.29 is 45.5 Å². The number of ether oxygens (including phenoxy) is 1. The molecule has 0 bridgehead atoms. The molecule has 0 fully saturated rings. The first kappa shape index (κ1) is 25.2. The standard InChI is InChI=1S/C18H20F6N2O4/c1-3-30-16(29)9(2)4-13(15(25)28)26-14(27)7-10-5-11(17(19,20)21)8-12(6-10)18(22,23)24/h5-6,8-9,13H,3-4,7H2,1-2H3,(H2,25,28)(H,26,27)/t9-,13-/m1/s1. The molecule has 1 rings (SSSR count). The molecule has 12 heteroatoms. The number of alkyl halides is 6. The summed E-state index contributed by atoms with van der Waals surface area (Å²) in [6.45, 7) is 3.04. The summed E-state index contributed by atoms with van der Waals surface area (Å²) in [5.41, 5.74) is 1.47. The maximum atomic E-state index is 12.9. The Morgan fingerprint density at radius 2 is 1.53 bits per heavy atom. The van der Waals surface area contributed by atoms with Gasteiger partial charge >= 0.3 is 18.3 Å². The van der Waals surface area contributed by atoms with Gasteiger partial charge in [0.15, 0.2) is 0 Å². The fourth-order valence-corrected chi connectivity index (χ4v) is 2.53. The van der Waals surface area contributed by atoms with Gasteiger partial charge in [0.25, 0.3) is 0 Å². The van der Waals surface area contributed by atoms with E-state index in [2.05, 4.69) is 5.32 Å². The smallest absolute Gasteiger partial charge is 0.416 e. The highest BCUT2D eigenvalue weighted by atomic mass is 19.4. The molecule has 3 N–H and O–H groups in total. The number of hydrogen-bond donors (Lipinski definition) is 2. The van der Waals surface area contributed by atoms with Crippen molar-refractivity contribution in [2.24, 2.45) is 11.7 Å². The molecule has 168 valence electrons. The average Bonchev–Trinajstić information content (AvgIpc) is 2.59. The van der Waals surface area contributed by atoms with Gasteiger partial charge in [0.1, 0.15) is 6.04 Å². The van der Waals surface area contributed by atoms with E-state index in [1.54, 1.807) is 6.92 Å². The van der Waals surface area contributed by atoms with Crippen LogP contribution in [-0.4, -0.2) is 30.4 Å². The van der Waals surface area contributed by atoms with Crippen molar-refractivity contribution in [2.75, 3.05) is 6.61 Å². The van der Waals surface area contributed by atoms with E-state index in [1.165, 1.54) is 6.92 Å². The van der Waals surface area contributed by atoms with E-state index in [4.69, 9.17) is 10.5 Å². The first-order chi connectivity index (χ1) is 13.6. The number of hydrogen-bond acceptors (Lipinski definition) is 4. The van der Waals surface area contributed by atoms with Crippen molar-refractivity contribution in [3.05, 3.63) is 34.9 Å². The molecule has 0 saturated heterocycles. The van der Waals surface area contributed by atoms with Gasteiger partial charge in [-0.25, -0.2) is 0 Å². The van der Waals surface area contributed by atoms with E-state index < -0.39 is 65.2 Å². The number of rotatable bonds is 8. The number of carbonyl (C=O) groups is 3. The second-order valence-electron chi connectivity index (χ2n) is 6.50. The van der Waals surface area contributed by atoms with Crippen LogP contribution in [0.4, 0.5) is 26.3 Å². The van der Waals surface area contributed by atoms with Crippen molar-refractivity contribution >= 4 is 17.8 Å². The van der Waals surface area contributed by atoms with Gasteiger partial charge in [-0.15, -0.1) is 0 Å². The summed E-state index contributed by atoms with van der Waals surface area (Å²) in [5.74, 6) is -3.57. The normalized spacial score (nSPS) is 14.0. The van der Waals surface area contributed by atoms with E-state index in [9.17, 15) is 40.7 Å². The second kappa shape index (κ2) is 9.81. The van der Waals surface area contributed by atoms with Gasteiger partial charge in [0.2, 0.25) is 11.8 Å². The summed E-state index contributed by atoms with van der Waals surface area (Å²) in [6, 6.07) is -0.607. The summed E-state index contributed by atoms with van der Waals surface area (Å²) >= 11 is 0. The zero-order chi connectivity index (χ0) is 23.3. The molecule has 0 aliphatic rings. The molecule has 0 saturated carbocycles. The topological polar surface area (TPSA) is 98.5 Å². The molecule has 1 aromatic carbocycles. The third-order valence-electron chi connectivity index (χ3n) is 3.97. The lowest BCUT2D eigenvalue weighted by molar-refractivity contribution is -0.148. The lowest BCUT2D eigenvalue weighted by Crippen LogP contribution is -2.46. The van der Waals surface area contributed by atoms with Gasteiger partial charge in [-0.1, -0.05) is 6.92 Å².